The number of Topliss-reactive ketones (excluding diaryl/α,β-unsaturated/α-hetero) is 1. The third kappa shape index (κ3) is 6.12. The summed E-state index contributed by atoms with van der Waals surface area (Å²) in [4.78, 5) is 48.5. The molecule has 0 heterocycles. The fourth-order valence-corrected chi connectivity index (χ4v) is 6.59. The Bertz CT molecular complexity index is 993. The van der Waals surface area contributed by atoms with Crippen LogP contribution in [0.4, 0.5) is 11.4 Å². The summed E-state index contributed by atoms with van der Waals surface area (Å²) in [5.74, 6) is -1.70. The molecule has 2 aromatic carbocycles. The van der Waals surface area contributed by atoms with Gasteiger partial charge in [-0.05, 0) is 74.7 Å². The highest BCUT2D eigenvalue weighted by molar-refractivity contribution is 14.1. The number of nitrogens with one attached hydrogen (secondary N) is 2. The van der Waals surface area contributed by atoms with Crippen LogP contribution in [-0.4, -0.2) is 30.2 Å². The number of carbonyl (C=O) groups excluding carboxylic acids is 4. The summed E-state index contributed by atoms with van der Waals surface area (Å²) in [5.41, 5.74) is 2.41. The van der Waals surface area contributed by atoms with Crippen molar-refractivity contribution in [2.75, 3.05) is 17.2 Å². The van der Waals surface area contributed by atoms with E-state index >= 15 is 0 Å². The SMILES string of the molecule is CC(=O)Nc1c(I)c(NC(C)=O)c(I)c(C(=O)OCC(=O)c2ccc(C)cc2)c1I. The van der Waals surface area contributed by atoms with Crippen molar-refractivity contribution in [2.24, 2.45) is 0 Å². The first-order valence-electron chi connectivity index (χ1n) is 8.55. The zero-order valence-corrected chi connectivity index (χ0v) is 22.7. The lowest BCUT2D eigenvalue weighted by molar-refractivity contribution is -0.115. The number of ketones is 1. The molecule has 0 aromatic heterocycles. The fourth-order valence-electron chi connectivity index (χ4n) is 2.44. The van der Waals surface area contributed by atoms with Gasteiger partial charge in [0.05, 0.1) is 27.6 Å². The van der Waals surface area contributed by atoms with Gasteiger partial charge in [-0.1, -0.05) is 29.8 Å². The number of anilines is 2. The van der Waals surface area contributed by atoms with E-state index in [1.807, 2.05) is 74.7 Å². The van der Waals surface area contributed by atoms with E-state index in [0.717, 1.165) is 5.56 Å². The molecule has 0 fully saturated rings. The Labute approximate surface area is 214 Å². The van der Waals surface area contributed by atoms with Gasteiger partial charge in [0.2, 0.25) is 11.8 Å². The molecule has 0 bridgehead atoms. The number of esters is 1. The second-order valence-electron chi connectivity index (χ2n) is 6.29. The van der Waals surface area contributed by atoms with E-state index in [9.17, 15) is 19.2 Å². The van der Waals surface area contributed by atoms with Crippen molar-refractivity contribution in [3.63, 3.8) is 0 Å². The molecule has 158 valence electrons. The minimum atomic E-state index is -0.723. The van der Waals surface area contributed by atoms with Gasteiger partial charge in [0.1, 0.15) is 0 Å². The van der Waals surface area contributed by atoms with Gasteiger partial charge in [0.15, 0.2) is 12.4 Å². The molecule has 2 N–H and O–H groups in total. The lowest BCUT2D eigenvalue weighted by Crippen LogP contribution is -2.20. The molecule has 10 heteroatoms. The van der Waals surface area contributed by atoms with Crippen LogP contribution < -0.4 is 10.6 Å². The van der Waals surface area contributed by atoms with E-state index in [4.69, 9.17) is 4.74 Å². The average molecular weight is 746 g/mol. The molecule has 0 atom stereocenters. The topological polar surface area (TPSA) is 102 Å². The summed E-state index contributed by atoms with van der Waals surface area (Å²) >= 11 is 5.88. The number of ether oxygens (including phenoxy) is 1. The molecule has 0 aliphatic carbocycles. The summed E-state index contributed by atoms with van der Waals surface area (Å²) in [6, 6.07) is 6.96. The van der Waals surface area contributed by atoms with E-state index < -0.39 is 12.6 Å². The highest BCUT2D eigenvalue weighted by atomic mass is 127. The van der Waals surface area contributed by atoms with Gasteiger partial charge >= 0.3 is 5.97 Å². The Kier molecular flexibility index (Phi) is 9.02. The van der Waals surface area contributed by atoms with E-state index in [2.05, 4.69) is 10.6 Å². The second-order valence-corrected chi connectivity index (χ2v) is 9.53. The minimum absolute atomic E-state index is 0.167. The molecule has 7 nitrogen and oxygen atoms in total. The summed E-state index contributed by atoms with van der Waals surface area (Å²) in [6.45, 7) is 4.18. The largest absolute Gasteiger partial charge is 0.454 e. The molecule has 0 aliphatic rings. The second kappa shape index (κ2) is 10.8. The standard InChI is InChI=1S/C20H17I3N2O5/c1-9-4-6-12(7-5-9)13(28)8-30-20(29)14-15(21)18(24-10(2)26)17(23)19(16(14)22)25-11(3)27/h4-7H,8H2,1-3H3,(H,24,26)(H,25,27). The van der Waals surface area contributed by atoms with Gasteiger partial charge in [-0.15, -0.1) is 0 Å². The van der Waals surface area contributed by atoms with Crippen molar-refractivity contribution < 1.29 is 23.9 Å². The van der Waals surface area contributed by atoms with Crippen LogP contribution in [0.5, 0.6) is 0 Å². The maximum Gasteiger partial charge on any atom is 0.340 e. The van der Waals surface area contributed by atoms with Crippen LogP contribution >= 0.6 is 67.8 Å². The Morgan fingerprint density at radius 1 is 0.833 bits per heavy atom. The Hall–Kier alpha value is -1.29. The van der Waals surface area contributed by atoms with Crippen LogP contribution in [0, 0.1) is 17.6 Å². The maximum atomic E-state index is 12.9. The summed E-state index contributed by atoms with van der Waals surface area (Å²) in [6.07, 6.45) is 0. The van der Waals surface area contributed by atoms with Gasteiger partial charge in [-0.3, -0.25) is 14.4 Å². The number of benzene rings is 2. The first-order chi connectivity index (χ1) is 14.0. The first kappa shape index (κ1) is 25.0. The van der Waals surface area contributed by atoms with E-state index in [0.29, 0.717) is 27.6 Å². The average Bonchev–Trinajstić information content (AvgIpc) is 2.67. The van der Waals surface area contributed by atoms with Crippen molar-refractivity contribution in [2.45, 2.75) is 20.8 Å². The molecule has 2 rings (SSSR count). The summed E-state index contributed by atoms with van der Waals surface area (Å²) < 4.78 is 6.77. The van der Waals surface area contributed by atoms with Crippen LogP contribution in [0.3, 0.4) is 0 Å². The summed E-state index contributed by atoms with van der Waals surface area (Å²) in [5, 5.41) is 5.38. The lowest BCUT2D eigenvalue weighted by Gasteiger charge is -2.19. The predicted octanol–water partition coefficient (Wildman–Crippen LogP) is 4.77. The molecule has 0 saturated heterocycles. The monoisotopic (exact) mass is 746 g/mol. The number of hydrogen-bond acceptors (Lipinski definition) is 5. The van der Waals surface area contributed by atoms with Crippen molar-refractivity contribution in [3.8, 4) is 0 Å². The zero-order valence-electron chi connectivity index (χ0n) is 16.2. The van der Waals surface area contributed by atoms with Crippen LogP contribution in [0.1, 0.15) is 40.1 Å². The number of carbonyl (C=O) groups is 4. The third-order valence-corrected chi connectivity index (χ3v) is 7.07. The van der Waals surface area contributed by atoms with Crippen molar-refractivity contribution >= 4 is 103 Å². The minimum Gasteiger partial charge on any atom is -0.454 e. The molecule has 0 radical (unpaired) electrons. The van der Waals surface area contributed by atoms with Gasteiger partial charge in [0, 0.05) is 19.4 Å². The number of hydrogen-bond donors (Lipinski definition) is 2. The van der Waals surface area contributed by atoms with E-state index in [-0.39, 0.29) is 23.2 Å². The Morgan fingerprint density at radius 3 is 1.73 bits per heavy atom. The van der Waals surface area contributed by atoms with Crippen LogP contribution in [-0.2, 0) is 14.3 Å². The molecule has 0 aliphatic heterocycles. The Balaban J connectivity index is 2.39. The molecule has 2 amide bonds. The molecule has 0 spiro atoms. The van der Waals surface area contributed by atoms with Gasteiger partial charge in [-0.2, -0.15) is 0 Å². The maximum absolute atomic E-state index is 12.9. The normalized spacial score (nSPS) is 10.3. The van der Waals surface area contributed by atoms with Gasteiger partial charge in [-0.25, -0.2) is 4.79 Å². The number of rotatable bonds is 6. The quantitative estimate of drug-likeness (QED) is 0.253. The molecule has 2 aromatic rings. The highest BCUT2D eigenvalue weighted by Crippen LogP contribution is 2.39. The van der Waals surface area contributed by atoms with Crippen LogP contribution in [0.15, 0.2) is 24.3 Å². The lowest BCUT2D eigenvalue weighted by atomic mass is 10.1. The predicted molar refractivity (Wildman–Crippen MR) is 139 cm³/mol. The highest BCUT2D eigenvalue weighted by Gasteiger charge is 2.27. The number of halogens is 3. The molecule has 0 saturated carbocycles. The van der Waals surface area contributed by atoms with E-state index in [1.54, 1.807) is 24.3 Å². The number of amides is 2. The van der Waals surface area contributed by atoms with Crippen LogP contribution in [0.25, 0.3) is 0 Å². The zero-order chi connectivity index (χ0) is 22.6. The van der Waals surface area contributed by atoms with E-state index in [1.165, 1.54) is 13.8 Å². The number of aryl methyl sites for hydroxylation is 1. The van der Waals surface area contributed by atoms with Crippen LogP contribution in [0.2, 0.25) is 0 Å². The van der Waals surface area contributed by atoms with Crippen molar-refractivity contribution in [3.05, 3.63) is 51.7 Å². The fraction of sp³-hybridized carbons (Fsp3) is 0.200. The van der Waals surface area contributed by atoms with Crippen molar-refractivity contribution in [1.29, 1.82) is 0 Å². The third-order valence-electron chi connectivity index (χ3n) is 3.83. The summed E-state index contributed by atoms with van der Waals surface area (Å²) in [7, 11) is 0. The molecular formula is C20H17I3N2O5. The van der Waals surface area contributed by atoms with Crippen molar-refractivity contribution in [1.82, 2.24) is 0 Å². The smallest absolute Gasteiger partial charge is 0.340 e. The van der Waals surface area contributed by atoms with Gasteiger partial charge in [0.25, 0.3) is 0 Å². The molecule has 0 unspecified atom stereocenters. The molecular weight excluding hydrogens is 729 g/mol. The molecule has 30 heavy (non-hydrogen) atoms. The Morgan fingerprint density at radius 2 is 1.30 bits per heavy atom. The van der Waals surface area contributed by atoms with Gasteiger partial charge < -0.3 is 15.4 Å². The first-order valence-corrected chi connectivity index (χ1v) is 11.8.